The zero-order valence-electron chi connectivity index (χ0n) is 19.7. The molecule has 0 bridgehead atoms. The molecule has 0 radical (unpaired) electrons. The maximum absolute atomic E-state index is 14.8. The molecule has 1 aliphatic rings. The first-order valence-electron chi connectivity index (χ1n) is 11.6. The Morgan fingerprint density at radius 3 is 2.54 bits per heavy atom. The van der Waals surface area contributed by atoms with Crippen LogP contribution in [0.5, 0.6) is 23.0 Å². The summed E-state index contributed by atoms with van der Waals surface area (Å²) in [5.74, 6) is 1.75. The molecule has 0 spiro atoms. The highest BCUT2D eigenvalue weighted by atomic mass is 32.1. The Bertz CT molecular complexity index is 1230. The molecule has 0 aliphatic heterocycles. The smallest absolute Gasteiger partial charge is 0.226 e. The van der Waals surface area contributed by atoms with Crippen LogP contribution >= 0.6 is 12.2 Å². The van der Waals surface area contributed by atoms with Crippen LogP contribution in [-0.2, 0) is 4.79 Å². The lowest BCUT2D eigenvalue weighted by Crippen LogP contribution is -2.34. The minimum atomic E-state index is -0.567. The van der Waals surface area contributed by atoms with Crippen molar-refractivity contribution in [2.45, 2.75) is 38.5 Å². The normalized spacial score (nSPS) is 13.5. The second kappa shape index (κ2) is 11.3. The zero-order chi connectivity index (χ0) is 24.8. The number of methoxy groups -OCH3 is 2. The van der Waals surface area contributed by atoms with Gasteiger partial charge >= 0.3 is 0 Å². The van der Waals surface area contributed by atoms with Gasteiger partial charge in [0.1, 0.15) is 17.3 Å². The quantitative estimate of drug-likeness (QED) is 0.371. The zero-order valence-corrected chi connectivity index (χ0v) is 20.5. The number of pyridine rings is 1. The van der Waals surface area contributed by atoms with Crippen LogP contribution in [0, 0.1) is 11.7 Å². The highest BCUT2D eigenvalue weighted by molar-refractivity contribution is 7.80. The van der Waals surface area contributed by atoms with E-state index in [0.29, 0.717) is 46.2 Å². The van der Waals surface area contributed by atoms with Crippen LogP contribution in [0.15, 0.2) is 42.6 Å². The van der Waals surface area contributed by atoms with Gasteiger partial charge in [-0.05, 0) is 48.8 Å². The Morgan fingerprint density at radius 1 is 1.09 bits per heavy atom. The van der Waals surface area contributed by atoms with Crippen LogP contribution in [0.4, 0.5) is 10.1 Å². The van der Waals surface area contributed by atoms with E-state index in [1.54, 1.807) is 44.7 Å². The number of hydrogen-bond donors (Lipinski definition) is 2. The number of fused-ring (bicyclic) bond motifs is 1. The molecule has 2 N–H and O–H groups in total. The van der Waals surface area contributed by atoms with Gasteiger partial charge in [0.25, 0.3) is 0 Å². The molecule has 2 aromatic carbocycles. The van der Waals surface area contributed by atoms with Gasteiger partial charge in [0.05, 0.1) is 25.4 Å². The molecule has 1 amide bonds. The minimum absolute atomic E-state index is 0.0650. The average Bonchev–Trinajstić information content (AvgIpc) is 3.37. The van der Waals surface area contributed by atoms with Crippen molar-refractivity contribution in [3.05, 3.63) is 48.4 Å². The maximum Gasteiger partial charge on any atom is 0.226 e. The van der Waals surface area contributed by atoms with Gasteiger partial charge in [-0.15, -0.1) is 0 Å². The molecule has 1 aromatic heterocycles. The van der Waals surface area contributed by atoms with Crippen LogP contribution in [0.3, 0.4) is 0 Å². The molecular formula is C26H28FN3O4S. The Hall–Kier alpha value is -3.46. The molecule has 0 atom stereocenters. The van der Waals surface area contributed by atoms with Gasteiger partial charge < -0.3 is 24.8 Å². The first kappa shape index (κ1) is 24.7. The van der Waals surface area contributed by atoms with Crippen molar-refractivity contribution in [2.24, 2.45) is 5.92 Å². The molecule has 1 aliphatic carbocycles. The summed E-state index contributed by atoms with van der Waals surface area (Å²) in [7, 11) is 3.10. The molecule has 9 heteroatoms. The third kappa shape index (κ3) is 6.16. The van der Waals surface area contributed by atoms with Crippen LogP contribution in [-0.4, -0.2) is 30.2 Å². The summed E-state index contributed by atoms with van der Waals surface area (Å²) < 4.78 is 31.4. The Labute approximate surface area is 209 Å². The Morgan fingerprint density at radius 2 is 1.83 bits per heavy atom. The van der Waals surface area contributed by atoms with E-state index >= 15 is 0 Å². The number of amides is 1. The average molecular weight is 498 g/mol. The molecule has 1 heterocycles. The van der Waals surface area contributed by atoms with Crippen molar-refractivity contribution in [3.63, 3.8) is 0 Å². The molecule has 1 fully saturated rings. The number of halogens is 1. The van der Waals surface area contributed by atoms with E-state index in [9.17, 15) is 9.18 Å². The summed E-state index contributed by atoms with van der Waals surface area (Å²) in [6, 6.07) is 9.57. The number of nitrogens with zero attached hydrogens (tertiary/aromatic N) is 1. The summed E-state index contributed by atoms with van der Waals surface area (Å²) in [5.41, 5.74) is 0.789. The maximum atomic E-state index is 14.8. The fourth-order valence-corrected chi connectivity index (χ4v) is 4.52. The number of rotatable bonds is 8. The van der Waals surface area contributed by atoms with Crippen LogP contribution in [0.1, 0.15) is 38.5 Å². The number of hydrogen-bond acceptors (Lipinski definition) is 6. The number of anilines is 1. The molecule has 4 rings (SSSR count). The third-order valence-corrected chi connectivity index (χ3v) is 6.33. The van der Waals surface area contributed by atoms with E-state index in [-0.39, 0.29) is 16.7 Å². The summed E-state index contributed by atoms with van der Waals surface area (Å²) in [6.45, 7) is 0. The van der Waals surface area contributed by atoms with Crippen LogP contribution in [0.25, 0.3) is 10.9 Å². The molecule has 35 heavy (non-hydrogen) atoms. The van der Waals surface area contributed by atoms with E-state index in [4.69, 9.17) is 26.4 Å². The predicted molar refractivity (Wildman–Crippen MR) is 137 cm³/mol. The van der Waals surface area contributed by atoms with E-state index in [2.05, 4.69) is 15.6 Å². The lowest BCUT2D eigenvalue weighted by Gasteiger charge is -2.14. The minimum Gasteiger partial charge on any atom is -0.493 e. The molecular weight excluding hydrogens is 469 g/mol. The topological polar surface area (TPSA) is 81.7 Å². The lowest BCUT2D eigenvalue weighted by molar-refractivity contribution is -0.119. The predicted octanol–water partition coefficient (Wildman–Crippen LogP) is 5.97. The number of carbonyl (C=O) groups is 1. The number of benzene rings is 2. The van der Waals surface area contributed by atoms with Gasteiger partial charge in [0.15, 0.2) is 16.6 Å². The van der Waals surface area contributed by atoms with Crippen molar-refractivity contribution in [1.82, 2.24) is 10.3 Å². The number of carbonyl (C=O) groups excluding carboxylic acids is 1. The molecule has 0 saturated heterocycles. The summed E-state index contributed by atoms with van der Waals surface area (Å²) >= 11 is 5.19. The van der Waals surface area contributed by atoms with Gasteiger partial charge in [-0.1, -0.05) is 25.7 Å². The highest BCUT2D eigenvalue weighted by Gasteiger charge is 2.17. The Balaban J connectivity index is 1.40. The molecule has 3 aromatic rings. The molecule has 7 nitrogen and oxygen atoms in total. The number of nitrogens with one attached hydrogen (secondary N) is 2. The molecule has 1 saturated carbocycles. The lowest BCUT2D eigenvalue weighted by atomic mass is 10.0. The van der Waals surface area contributed by atoms with Gasteiger partial charge in [0, 0.05) is 30.1 Å². The van der Waals surface area contributed by atoms with Crippen molar-refractivity contribution in [3.8, 4) is 23.0 Å². The number of aromatic nitrogens is 1. The second-order valence-electron chi connectivity index (χ2n) is 8.47. The largest absolute Gasteiger partial charge is 0.493 e. The molecule has 0 unspecified atom stereocenters. The second-order valence-corrected chi connectivity index (χ2v) is 8.88. The number of ether oxygens (including phenoxy) is 3. The van der Waals surface area contributed by atoms with Gasteiger partial charge in [-0.25, -0.2) is 4.39 Å². The van der Waals surface area contributed by atoms with Gasteiger partial charge in [-0.3, -0.25) is 9.78 Å². The van der Waals surface area contributed by atoms with Crippen molar-refractivity contribution in [1.29, 1.82) is 0 Å². The van der Waals surface area contributed by atoms with Crippen molar-refractivity contribution >= 4 is 39.8 Å². The summed E-state index contributed by atoms with van der Waals surface area (Å²) in [5, 5.41) is 6.13. The summed E-state index contributed by atoms with van der Waals surface area (Å²) in [4.78, 5) is 16.5. The van der Waals surface area contributed by atoms with E-state index < -0.39 is 5.82 Å². The first-order chi connectivity index (χ1) is 17.0. The Kier molecular flexibility index (Phi) is 7.97. The van der Waals surface area contributed by atoms with Gasteiger partial charge in [-0.2, -0.15) is 0 Å². The van der Waals surface area contributed by atoms with Crippen molar-refractivity contribution < 1.29 is 23.4 Å². The van der Waals surface area contributed by atoms with Crippen LogP contribution in [0.2, 0.25) is 0 Å². The number of thiocarbonyl (C=S) groups is 1. The third-order valence-electron chi connectivity index (χ3n) is 6.13. The van der Waals surface area contributed by atoms with Gasteiger partial charge in [0.2, 0.25) is 5.91 Å². The summed E-state index contributed by atoms with van der Waals surface area (Å²) in [6.07, 6.45) is 7.73. The van der Waals surface area contributed by atoms with Crippen LogP contribution < -0.4 is 24.8 Å². The highest BCUT2D eigenvalue weighted by Crippen LogP contribution is 2.37. The SMILES string of the molecule is COc1cc2nccc(Oc3ccc(NC(=S)NC(=O)CCC4CCCC4)c(F)c3)c2cc1OC. The van der Waals surface area contributed by atoms with Crippen molar-refractivity contribution in [2.75, 3.05) is 19.5 Å². The standard InChI is InChI=1S/C26H28FN3O4S/c1-32-23-14-18-21(15-24(23)33-2)28-12-11-22(18)34-17-8-9-20(19(27)13-17)29-26(35)30-25(31)10-7-16-5-3-4-6-16/h8-9,11-16H,3-7,10H2,1-2H3,(H2,29,30,31,35). The van der Waals surface area contributed by atoms with E-state index in [1.807, 2.05) is 0 Å². The monoisotopic (exact) mass is 497 g/mol. The first-order valence-corrected chi connectivity index (χ1v) is 12.0. The fourth-order valence-electron chi connectivity index (χ4n) is 4.30. The fraction of sp³-hybridized carbons (Fsp3) is 0.346. The molecule has 184 valence electrons. The van der Waals surface area contributed by atoms with E-state index in [0.717, 1.165) is 6.42 Å². The van der Waals surface area contributed by atoms with E-state index in [1.165, 1.54) is 37.8 Å².